The van der Waals surface area contributed by atoms with Gasteiger partial charge in [-0.2, -0.15) is 24.2 Å². The molecule has 0 aliphatic carbocycles. The number of unbranched alkanes of at least 4 members (excludes halogenated alkanes) is 13. The van der Waals surface area contributed by atoms with Crippen LogP contribution in [0.5, 0.6) is 5.75 Å². The first-order valence-electron chi connectivity index (χ1n) is 13.3. The molecule has 1 aromatic rings. The summed E-state index contributed by atoms with van der Waals surface area (Å²) >= 11 is 6.17. The topological polar surface area (TPSA) is 127 Å². The van der Waals surface area contributed by atoms with Crippen molar-refractivity contribution in [3.63, 3.8) is 0 Å². The van der Waals surface area contributed by atoms with Gasteiger partial charge in [0, 0.05) is 6.07 Å². The number of nitriles is 3. The largest absolute Gasteiger partial charge is 0.382 e. The second-order valence-electron chi connectivity index (χ2n) is 9.12. The Balaban J connectivity index is 2.38. The van der Waals surface area contributed by atoms with Gasteiger partial charge in [0.1, 0.15) is 23.5 Å². The molecule has 0 bridgehead atoms. The van der Waals surface area contributed by atoms with Crippen LogP contribution in [-0.2, 0) is 10.1 Å². The van der Waals surface area contributed by atoms with Crippen molar-refractivity contribution in [2.24, 2.45) is 0 Å². The van der Waals surface area contributed by atoms with Gasteiger partial charge in [0.2, 0.25) is 0 Å². The van der Waals surface area contributed by atoms with Crippen LogP contribution in [0.2, 0.25) is 5.02 Å². The summed E-state index contributed by atoms with van der Waals surface area (Å²) in [5, 5.41) is 30.2. The van der Waals surface area contributed by atoms with Crippen molar-refractivity contribution in [1.29, 1.82) is 15.8 Å². The molecule has 0 aliphatic heterocycles. The van der Waals surface area contributed by atoms with E-state index in [1.807, 2.05) is 6.07 Å². The van der Waals surface area contributed by atoms with E-state index in [-0.39, 0.29) is 39.9 Å². The summed E-state index contributed by atoms with van der Waals surface area (Å²) in [6.07, 6.45) is 16.4. The summed E-state index contributed by atoms with van der Waals surface area (Å²) < 4.78 is 30.1. The Bertz CT molecular complexity index is 1070. The van der Waals surface area contributed by atoms with E-state index in [1.165, 1.54) is 82.4 Å². The fraction of sp³-hybridized carbons (Fsp3) is 0.607. The van der Waals surface area contributed by atoms with Crippen LogP contribution in [-0.4, -0.2) is 14.2 Å². The Morgan fingerprint density at radius 2 is 1.38 bits per heavy atom. The summed E-state index contributed by atoms with van der Waals surface area (Å²) in [5.74, 6) is -0.0210. The van der Waals surface area contributed by atoms with E-state index in [9.17, 15) is 8.42 Å². The molecule has 0 spiro atoms. The summed E-state index contributed by atoms with van der Waals surface area (Å²) in [4.78, 5) is 0. The van der Waals surface area contributed by atoms with Crippen molar-refractivity contribution < 1.29 is 12.6 Å². The maximum Gasteiger partial charge on any atom is 0.309 e. The molecular formula is C28H39ClN4O3S. The zero-order valence-electron chi connectivity index (χ0n) is 21.9. The van der Waals surface area contributed by atoms with Gasteiger partial charge < -0.3 is 9.50 Å². The predicted octanol–water partition coefficient (Wildman–Crippen LogP) is 8.16. The molecule has 0 radical (unpaired) electrons. The van der Waals surface area contributed by atoms with Crippen molar-refractivity contribution >= 4 is 27.4 Å². The van der Waals surface area contributed by atoms with Gasteiger partial charge in [0.25, 0.3) is 0 Å². The number of halogens is 1. The number of hydrogen-bond donors (Lipinski definition) is 1. The number of anilines is 1. The van der Waals surface area contributed by atoms with Gasteiger partial charge in [0.05, 0.1) is 34.6 Å². The van der Waals surface area contributed by atoms with Gasteiger partial charge in [-0.15, -0.1) is 0 Å². The van der Waals surface area contributed by atoms with E-state index in [2.05, 4.69) is 12.2 Å². The molecule has 1 N–H and O–H groups in total. The molecule has 0 atom stereocenters. The molecule has 9 heteroatoms. The summed E-state index contributed by atoms with van der Waals surface area (Å²) in [5.41, 5.74) is 0.0605. The lowest BCUT2D eigenvalue weighted by molar-refractivity contribution is 0.481. The first-order valence-corrected chi connectivity index (χ1v) is 15.2. The lowest BCUT2D eigenvalue weighted by atomic mass is 10.0. The highest BCUT2D eigenvalue weighted by Crippen LogP contribution is 2.30. The molecule has 0 amide bonds. The van der Waals surface area contributed by atoms with Gasteiger partial charge in [-0.3, -0.25) is 0 Å². The molecule has 37 heavy (non-hydrogen) atoms. The van der Waals surface area contributed by atoms with E-state index in [1.54, 1.807) is 12.1 Å². The SMILES string of the molecule is CCCCCCCCCCCCCCCCS(=O)(=O)Oc1ccc(Cl)c(NC(CC#N)=C(C#N)C#N)c1. The number of hydrogen-bond acceptors (Lipinski definition) is 7. The van der Waals surface area contributed by atoms with E-state index in [4.69, 9.17) is 31.6 Å². The average molecular weight is 547 g/mol. The van der Waals surface area contributed by atoms with Gasteiger partial charge in [0.15, 0.2) is 0 Å². The zero-order valence-corrected chi connectivity index (χ0v) is 23.5. The van der Waals surface area contributed by atoms with E-state index in [0.29, 0.717) is 6.42 Å². The van der Waals surface area contributed by atoms with Crippen molar-refractivity contribution in [1.82, 2.24) is 0 Å². The van der Waals surface area contributed by atoms with Crippen molar-refractivity contribution in [3.8, 4) is 24.0 Å². The molecule has 1 aromatic carbocycles. The molecular weight excluding hydrogens is 508 g/mol. The molecule has 0 unspecified atom stereocenters. The van der Waals surface area contributed by atoms with Crippen LogP contribution in [0.3, 0.4) is 0 Å². The van der Waals surface area contributed by atoms with Gasteiger partial charge in [-0.1, -0.05) is 102 Å². The van der Waals surface area contributed by atoms with Gasteiger partial charge in [-0.05, 0) is 18.6 Å². The lowest BCUT2D eigenvalue weighted by Crippen LogP contribution is -2.14. The Labute approximate surface area is 228 Å². The van der Waals surface area contributed by atoms with Crippen molar-refractivity contribution in [2.45, 2.75) is 103 Å². The van der Waals surface area contributed by atoms with E-state index >= 15 is 0 Å². The van der Waals surface area contributed by atoms with Crippen LogP contribution < -0.4 is 9.50 Å². The Hall–Kier alpha value is -2.73. The summed E-state index contributed by atoms with van der Waals surface area (Å²) in [6, 6.07) is 9.57. The molecule has 1 rings (SSSR count). The third kappa shape index (κ3) is 14.6. The number of nitrogens with zero attached hydrogens (tertiary/aromatic N) is 3. The fourth-order valence-corrected chi connectivity index (χ4v) is 5.11. The van der Waals surface area contributed by atoms with Crippen LogP contribution in [0.4, 0.5) is 5.69 Å². The van der Waals surface area contributed by atoms with Crippen LogP contribution in [0, 0.1) is 34.0 Å². The lowest BCUT2D eigenvalue weighted by Gasteiger charge is -2.13. The second-order valence-corrected chi connectivity index (χ2v) is 11.2. The van der Waals surface area contributed by atoms with Crippen LogP contribution in [0.25, 0.3) is 0 Å². The van der Waals surface area contributed by atoms with Crippen LogP contribution in [0.15, 0.2) is 29.5 Å². The van der Waals surface area contributed by atoms with Gasteiger partial charge >= 0.3 is 10.1 Å². The molecule has 0 fully saturated rings. The average Bonchev–Trinajstić information content (AvgIpc) is 2.87. The number of nitrogens with one attached hydrogen (secondary N) is 1. The highest BCUT2D eigenvalue weighted by molar-refractivity contribution is 7.87. The Morgan fingerprint density at radius 3 is 1.86 bits per heavy atom. The molecule has 0 saturated carbocycles. The minimum absolute atomic E-state index is 0.0593. The van der Waals surface area contributed by atoms with E-state index < -0.39 is 10.1 Å². The molecule has 7 nitrogen and oxygen atoms in total. The Morgan fingerprint density at radius 1 is 0.865 bits per heavy atom. The van der Waals surface area contributed by atoms with Crippen LogP contribution in [0.1, 0.15) is 103 Å². The summed E-state index contributed by atoms with van der Waals surface area (Å²) in [7, 11) is -3.78. The smallest absolute Gasteiger partial charge is 0.309 e. The molecule has 202 valence electrons. The first kappa shape index (κ1) is 32.3. The number of rotatable bonds is 20. The van der Waals surface area contributed by atoms with E-state index in [0.717, 1.165) is 19.3 Å². The zero-order chi connectivity index (χ0) is 27.4. The van der Waals surface area contributed by atoms with Crippen molar-refractivity contribution in [3.05, 3.63) is 34.5 Å². The monoisotopic (exact) mass is 546 g/mol. The first-order chi connectivity index (χ1) is 17.9. The maximum absolute atomic E-state index is 12.4. The quantitative estimate of drug-likeness (QED) is 0.0992. The standard InChI is InChI=1S/C28H39ClN4O3S/c1-2-3-4-5-6-7-8-9-10-11-12-13-14-15-20-37(34,35)36-25-16-17-26(29)28(21-25)33-27(18-19-30)24(22-31)23-32/h16-17,21,33H,2-15,18,20H2,1H3. The molecule has 0 heterocycles. The normalized spacial score (nSPS) is 10.7. The third-order valence-electron chi connectivity index (χ3n) is 5.98. The fourth-order valence-electron chi connectivity index (χ4n) is 3.91. The number of allylic oxidation sites excluding steroid dienone is 2. The summed E-state index contributed by atoms with van der Waals surface area (Å²) in [6.45, 7) is 2.24. The van der Waals surface area contributed by atoms with Crippen molar-refractivity contribution in [2.75, 3.05) is 11.1 Å². The number of benzene rings is 1. The van der Waals surface area contributed by atoms with Gasteiger partial charge in [-0.25, -0.2) is 0 Å². The maximum atomic E-state index is 12.4. The Kier molecular flexibility index (Phi) is 16.9. The second kappa shape index (κ2) is 19.4. The predicted molar refractivity (Wildman–Crippen MR) is 148 cm³/mol. The minimum atomic E-state index is -3.78. The van der Waals surface area contributed by atoms with Crippen LogP contribution >= 0.6 is 11.6 Å². The molecule has 0 aromatic heterocycles. The highest BCUT2D eigenvalue weighted by Gasteiger charge is 2.15. The minimum Gasteiger partial charge on any atom is -0.382 e. The third-order valence-corrected chi connectivity index (χ3v) is 7.54. The highest BCUT2D eigenvalue weighted by atomic mass is 35.5. The molecule has 0 saturated heterocycles. The molecule has 0 aliphatic rings.